The Balaban J connectivity index is 1.48. The number of rotatable bonds is 9. The lowest BCUT2D eigenvalue weighted by Gasteiger charge is -2.34. The molecule has 5 rings (SSSR count). The van der Waals surface area contributed by atoms with E-state index in [9.17, 15) is 13.2 Å². The molecule has 1 aliphatic rings. The summed E-state index contributed by atoms with van der Waals surface area (Å²) in [7, 11) is 3.01. The molecule has 0 aliphatic carbocycles. The average Bonchev–Trinajstić information content (AvgIpc) is 3.38. The van der Waals surface area contributed by atoms with Crippen molar-refractivity contribution in [1.29, 1.82) is 0 Å². The number of ether oxygens (including phenoxy) is 2. The summed E-state index contributed by atoms with van der Waals surface area (Å²) in [6.45, 7) is 3.25. The number of imidazole rings is 1. The van der Waals surface area contributed by atoms with Crippen molar-refractivity contribution in [3.05, 3.63) is 36.0 Å². The van der Waals surface area contributed by atoms with Gasteiger partial charge in [0, 0.05) is 26.7 Å². The largest absolute Gasteiger partial charge is 0.479 e. The van der Waals surface area contributed by atoms with Crippen molar-refractivity contribution >= 4 is 22.5 Å². The molecule has 13 heteroatoms. The van der Waals surface area contributed by atoms with Gasteiger partial charge in [0.1, 0.15) is 17.5 Å². The Hall–Kier alpha value is -3.45. The molecule has 38 heavy (non-hydrogen) atoms. The van der Waals surface area contributed by atoms with Crippen molar-refractivity contribution in [2.75, 3.05) is 45.8 Å². The fourth-order valence-corrected chi connectivity index (χ4v) is 4.99. The number of fused-ring (bicyclic) bond motifs is 2. The third-order valence-corrected chi connectivity index (χ3v) is 6.85. The SMILES string of the molecule is COCCN1CC[C@@H](Nc2nc(OC)c3c(-c4ccc5nc(C)n(CC(F)F)c5c4)c(F)cn3n2)[C@@H](F)C1. The number of hydrogen-bond acceptors (Lipinski definition) is 7. The van der Waals surface area contributed by atoms with E-state index in [1.54, 1.807) is 32.2 Å². The number of piperidine rings is 1. The Labute approximate surface area is 216 Å². The second-order valence-corrected chi connectivity index (χ2v) is 9.30. The number of benzene rings is 1. The van der Waals surface area contributed by atoms with E-state index in [1.807, 2.05) is 4.90 Å². The van der Waals surface area contributed by atoms with Gasteiger partial charge in [-0.1, -0.05) is 6.07 Å². The minimum absolute atomic E-state index is 0.0895. The molecule has 1 N–H and O–H groups in total. The maximum atomic E-state index is 15.3. The van der Waals surface area contributed by atoms with Crippen LogP contribution in [0.5, 0.6) is 5.88 Å². The Morgan fingerprint density at radius 3 is 2.74 bits per heavy atom. The van der Waals surface area contributed by atoms with Gasteiger partial charge in [-0.05, 0) is 31.0 Å². The molecule has 4 aromatic rings. The molecule has 1 fully saturated rings. The molecule has 0 bridgehead atoms. The van der Waals surface area contributed by atoms with E-state index in [-0.39, 0.29) is 29.5 Å². The molecule has 0 amide bonds. The van der Waals surface area contributed by atoms with Gasteiger partial charge in [-0.15, -0.1) is 5.10 Å². The third-order valence-electron chi connectivity index (χ3n) is 6.85. The zero-order chi connectivity index (χ0) is 27.0. The smallest absolute Gasteiger partial charge is 0.256 e. The molecule has 0 unspecified atom stereocenters. The maximum Gasteiger partial charge on any atom is 0.256 e. The number of nitrogens with zero attached hydrogens (tertiary/aromatic N) is 6. The van der Waals surface area contributed by atoms with E-state index >= 15 is 4.39 Å². The van der Waals surface area contributed by atoms with E-state index in [2.05, 4.69) is 20.4 Å². The fraction of sp³-hybridized carbons (Fsp3) is 0.480. The van der Waals surface area contributed by atoms with Gasteiger partial charge in [0.2, 0.25) is 11.8 Å². The van der Waals surface area contributed by atoms with Gasteiger partial charge in [0.05, 0.1) is 49.1 Å². The molecule has 0 saturated carbocycles. The summed E-state index contributed by atoms with van der Waals surface area (Å²) in [5.74, 6) is 0.0363. The molecular formula is C25H29F4N7O2. The number of halogens is 4. The molecule has 204 valence electrons. The van der Waals surface area contributed by atoms with Crippen LogP contribution in [0.15, 0.2) is 24.4 Å². The third kappa shape index (κ3) is 4.99. The fourth-order valence-electron chi connectivity index (χ4n) is 4.99. The van der Waals surface area contributed by atoms with Gasteiger partial charge >= 0.3 is 0 Å². The highest BCUT2D eigenvalue weighted by molar-refractivity contribution is 5.90. The zero-order valence-electron chi connectivity index (χ0n) is 21.3. The molecule has 4 heterocycles. The molecule has 0 radical (unpaired) electrons. The van der Waals surface area contributed by atoms with Crippen LogP contribution in [0.25, 0.3) is 27.7 Å². The topological polar surface area (TPSA) is 81.7 Å². The summed E-state index contributed by atoms with van der Waals surface area (Å²) >= 11 is 0. The Morgan fingerprint density at radius 2 is 2.03 bits per heavy atom. The van der Waals surface area contributed by atoms with Crippen molar-refractivity contribution < 1.29 is 27.0 Å². The summed E-state index contributed by atoms with van der Waals surface area (Å²) in [6, 6.07) is 4.42. The first-order valence-corrected chi connectivity index (χ1v) is 12.3. The number of aromatic nitrogens is 5. The van der Waals surface area contributed by atoms with Gasteiger partial charge in [-0.3, -0.25) is 4.90 Å². The number of anilines is 1. The van der Waals surface area contributed by atoms with Crippen molar-refractivity contribution in [1.82, 2.24) is 29.0 Å². The van der Waals surface area contributed by atoms with Crippen molar-refractivity contribution in [3.63, 3.8) is 0 Å². The highest BCUT2D eigenvalue weighted by atomic mass is 19.3. The lowest BCUT2D eigenvalue weighted by atomic mass is 10.0. The van der Waals surface area contributed by atoms with Gasteiger partial charge < -0.3 is 19.4 Å². The second kappa shape index (κ2) is 10.7. The van der Waals surface area contributed by atoms with E-state index in [4.69, 9.17) is 9.47 Å². The van der Waals surface area contributed by atoms with Gasteiger partial charge in [0.25, 0.3) is 6.43 Å². The normalized spacial score (nSPS) is 18.6. The summed E-state index contributed by atoms with van der Waals surface area (Å²) in [6.07, 6.45) is -2.00. The maximum absolute atomic E-state index is 15.3. The summed E-state index contributed by atoms with van der Waals surface area (Å²) in [4.78, 5) is 10.7. The lowest BCUT2D eigenvalue weighted by molar-refractivity contribution is 0.0918. The van der Waals surface area contributed by atoms with Crippen LogP contribution in [-0.2, 0) is 11.3 Å². The summed E-state index contributed by atoms with van der Waals surface area (Å²) in [5, 5.41) is 7.40. The Bertz CT molecular complexity index is 1440. The monoisotopic (exact) mass is 535 g/mol. The molecule has 3 aromatic heterocycles. The lowest BCUT2D eigenvalue weighted by Crippen LogP contribution is -2.48. The zero-order valence-corrected chi connectivity index (χ0v) is 21.3. The number of aryl methyl sites for hydroxylation is 1. The molecule has 1 saturated heterocycles. The van der Waals surface area contributed by atoms with Gasteiger partial charge in [-0.25, -0.2) is 27.1 Å². The minimum atomic E-state index is -2.57. The number of nitrogens with one attached hydrogen (secondary N) is 1. The van der Waals surface area contributed by atoms with Crippen LogP contribution in [0.2, 0.25) is 0 Å². The number of hydrogen-bond donors (Lipinski definition) is 1. The highest BCUT2D eigenvalue weighted by Crippen LogP contribution is 2.36. The molecular weight excluding hydrogens is 506 g/mol. The van der Waals surface area contributed by atoms with Crippen molar-refractivity contribution in [2.24, 2.45) is 0 Å². The second-order valence-electron chi connectivity index (χ2n) is 9.30. The molecule has 0 spiro atoms. The molecule has 2 atom stereocenters. The van der Waals surface area contributed by atoms with E-state index < -0.39 is 31.0 Å². The van der Waals surface area contributed by atoms with Gasteiger partial charge in [0.15, 0.2) is 5.82 Å². The number of likely N-dealkylation sites (tertiary alicyclic amines) is 1. The Kier molecular flexibility index (Phi) is 7.39. The minimum Gasteiger partial charge on any atom is -0.479 e. The first-order valence-electron chi connectivity index (χ1n) is 12.3. The summed E-state index contributed by atoms with van der Waals surface area (Å²) in [5.41, 5.74) is 1.84. The standard InChI is InChI=1S/C25H29F4N7O2/c1-14-30-19-5-4-15(10-20(19)35(14)13-21(28)29)22-17(27)12-36-23(22)24(38-3)32-25(33-36)31-18-6-7-34(8-9-37-2)11-16(18)26/h4-5,10,12,16,18,21H,6-9,11,13H2,1-3H3,(H,31,33)/t16-,18+/m0/s1. The first kappa shape index (κ1) is 26.2. The molecule has 1 aromatic carbocycles. The van der Waals surface area contributed by atoms with Crippen LogP contribution in [-0.4, -0.2) is 88.1 Å². The molecule has 9 nitrogen and oxygen atoms in total. The van der Waals surface area contributed by atoms with Gasteiger partial charge in [-0.2, -0.15) is 4.98 Å². The molecule has 1 aliphatic heterocycles. The van der Waals surface area contributed by atoms with E-state index in [1.165, 1.54) is 22.4 Å². The van der Waals surface area contributed by atoms with E-state index in [0.717, 1.165) is 0 Å². The Morgan fingerprint density at radius 1 is 1.21 bits per heavy atom. The van der Waals surface area contributed by atoms with Crippen LogP contribution in [0, 0.1) is 12.7 Å². The van der Waals surface area contributed by atoms with Crippen LogP contribution in [0.3, 0.4) is 0 Å². The predicted octanol–water partition coefficient (Wildman–Crippen LogP) is 3.94. The van der Waals surface area contributed by atoms with Crippen LogP contribution < -0.4 is 10.1 Å². The number of alkyl halides is 3. The first-order chi connectivity index (χ1) is 18.3. The van der Waals surface area contributed by atoms with Crippen molar-refractivity contribution in [3.8, 4) is 17.0 Å². The van der Waals surface area contributed by atoms with Crippen LogP contribution in [0.4, 0.5) is 23.5 Å². The average molecular weight is 536 g/mol. The summed E-state index contributed by atoms with van der Waals surface area (Å²) < 4.78 is 69.8. The van der Waals surface area contributed by atoms with Crippen LogP contribution in [0.1, 0.15) is 12.2 Å². The van der Waals surface area contributed by atoms with Crippen molar-refractivity contribution in [2.45, 2.75) is 38.5 Å². The van der Waals surface area contributed by atoms with E-state index in [0.29, 0.717) is 48.5 Å². The number of methoxy groups -OCH3 is 2. The highest BCUT2D eigenvalue weighted by Gasteiger charge is 2.30. The van der Waals surface area contributed by atoms with Crippen LogP contribution >= 0.6 is 0 Å². The quantitative estimate of drug-likeness (QED) is 0.325. The predicted molar refractivity (Wildman–Crippen MR) is 134 cm³/mol.